The molecular formula is C18H19N3O2S. The summed E-state index contributed by atoms with van der Waals surface area (Å²) in [6.07, 6.45) is 1.60. The Balaban J connectivity index is 2.08. The van der Waals surface area contributed by atoms with Crippen molar-refractivity contribution in [3.05, 3.63) is 52.1 Å². The zero-order chi connectivity index (χ0) is 17.1. The molecule has 6 heteroatoms. The lowest BCUT2D eigenvalue weighted by Crippen LogP contribution is -2.21. The highest BCUT2D eigenvalue weighted by Crippen LogP contribution is 2.30. The second-order valence-corrected chi connectivity index (χ2v) is 6.44. The topological polar surface area (TPSA) is 55.3 Å². The third kappa shape index (κ3) is 3.23. The number of nitrogens with zero attached hydrogens (tertiary/aromatic N) is 3. The molecule has 0 saturated heterocycles. The molecule has 0 amide bonds. The minimum Gasteiger partial charge on any atom is -0.462 e. The summed E-state index contributed by atoms with van der Waals surface area (Å²) >= 11 is 1.62. The number of hydrogen-bond donors (Lipinski definition) is 0. The first kappa shape index (κ1) is 16.4. The van der Waals surface area contributed by atoms with Gasteiger partial charge in [0, 0.05) is 29.7 Å². The second kappa shape index (κ2) is 6.97. The number of esters is 1. The predicted molar refractivity (Wildman–Crippen MR) is 96.7 cm³/mol. The van der Waals surface area contributed by atoms with Gasteiger partial charge in [-0.3, -0.25) is 4.98 Å². The zero-order valence-electron chi connectivity index (χ0n) is 13.9. The van der Waals surface area contributed by atoms with E-state index in [0.29, 0.717) is 18.7 Å². The van der Waals surface area contributed by atoms with Gasteiger partial charge in [-0.05, 0) is 19.9 Å². The average Bonchev–Trinajstić information content (AvgIpc) is 2.98. The SMILES string of the molecule is CCOC(=O)c1cnc2ccccc2c1N(C)Cc1nc(C)cs1. The third-order valence-corrected chi connectivity index (χ3v) is 4.61. The van der Waals surface area contributed by atoms with E-state index >= 15 is 0 Å². The van der Waals surface area contributed by atoms with Crippen LogP contribution in [0.5, 0.6) is 0 Å². The summed E-state index contributed by atoms with van der Waals surface area (Å²) in [6.45, 7) is 4.74. The van der Waals surface area contributed by atoms with E-state index in [9.17, 15) is 4.79 Å². The van der Waals surface area contributed by atoms with Gasteiger partial charge in [-0.15, -0.1) is 11.3 Å². The number of carbonyl (C=O) groups is 1. The number of anilines is 1. The van der Waals surface area contributed by atoms with Gasteiger partial charge in [-0.2, -0.15) is 0 Å². The lowest BCUT2D eigenvalue weighted by molar-refractivity contribution is 0.0527. The first-order valence-electron chi connectivity index (χ1n) is 7.77. The Morgan fingerprint density at radius 2 is 2.12 bits per heavy atom. The Kier molecular flexibility index (Phi) is 4.76. The highest BCUT2D eigenvalue weighted by atomic mass is 32.1. The van der Waals surface area contributed by atoms with Gasteiger partial charge in [0.15, 0.2) is 0 Å². The van der Waals surface area contributed by atoms with Crippen molar-refractivity contribution in [2.45, 2.75) is 20.4 Å². The molecule has 0 aliphatic carbocycles. The third-order valence-electron chi connectivity index (χ3n) is 3.66. The number of pyridine rings is 1. The minimum atomic E-state index is -0.354. The van der Waals surface area contributed by atoms with Gasteiger partial charge in [0.2, 0.25) is 0 Å². The van der Waals surface area contributed by atoms with Crippen LogP contribution in [0.3, 0.4) is 0 Å². The summed E-state index contributed by atoms with van der Waals surface area (Å²) < 4.78 is 5.20. The fourth-order valence-electron chi connectivity index (χ4n) is 2.65. The number of aromatic nitrogens is 2. The molecule has 0 spiro atoms. The van der Waals surface area contributed by atoms with E-state index in [4.69, 9.17) is 4.74 Å². The smallest absolute Gasteiger partial charge is 0.341 e. The summed E-state index contributed by atoms with van der Waals surface area (Å²) in [5.74, 6) is -0.354. The maximum absolute atomic E-state index is 12.4. The van der Waals surface area contributed by atoms with Crippen LogP contribution < -0.4 is 4.90 Å². The number of para-hydroxylation sites is 1. The Hall–Kier alpha value is -2.47. The number of hydrogen-bond acceptors (Lipinski definition) is 6. The van der Waals surface area contributed by atoms with Crippen LogP contribution in [0.2, 0.25) is 0 Å². The average molecular weight is 341 g/mol. The summed E-state index contributed by atoms with van der Waals surface area (Å²) in [7, 11) is 1.96. The van der Waals surface area contributed by atoms with Crippen molar-refractivity contribution < 1.29 is 9.53 Å². The lowest BCUT2D eigenvalue weighted by atomic mass is 10.1. The van der Waals surface area contributed by atoms with Crippen LogP contribution in [0.4, 0.5) is 5.69 Å². The van der Waals surface area contributed by atoms with E-state index in [2.05, 4.69) is 9.97 Å². The Labute approximate surface area is 144 Å². The van der Waals surface area contributed by atoms with Crippen LogP contribution in [0.15, 0.2) is 35.8 Å². The fraction of sp³-hybridized carbons (Fsp3) is 0.278. The van der Waals surface area contributed by atoms with Gasteiger partial charge in [0.1, 0.15) is 10.6 Å². The minimum absolute atomic E-state index is 0.334. The largest absolute Gasteiger partial charge is 0.462 e. The van der Waals surface area contributed by atoms with Crippen LogP contribution in [-0.2, 0) is 11.3 Å². The summed E-state index contributed by atoms with van der Waals surface area (Å²) in [4.78, 5) is 23.3. The van der Waals surface area contributed by atoms with Gasteiger partial charge in [0.25, 0.3) is 0 Å². The van der Waals surface area contributed by atoms with Gasteiger partial charge >= 0.3 is 5.97 Å². The molecule has 0 bridgehead atoms. The number of benzene rings is 1. The molecule has 0 radical (unpaired) electrons. The second-order valence-electron chi connectivity index (χ2n) is 5.50. The van der Waals surface area contributed by atoms with Crippen molar-refractivity contribution >= 4 is 33.9 Å². The molecule has 0 fully saturated rings. The molecule has 0 aliphatic rings. The Bertz CT molecular complexity index is 876. The molecule has 3 rings (SSSR count). The molecule has 2 heterocycles. The molecule has 1 aromatic carbocycles. The normalized spacial score (nSPS) is 10.8. The molecule has 3 aromatic rings. The standard InChI is InChI=1S/C18H19N3O2S/c1-4-23-18(22)14-9-19-15-8-6-5-7-13(15)17(14)21(3)10-16-20-12(2)11-24-16/h5-9,11H,4,10H2,1-3H3. The first-order valence-corrected chi connectivity index (χ1v) is 8.65. The number of aryl methyl sites for hydroxylation is 1. The van der Waals surface area contributed by atoms with Gasteiger partial charge in [0.05, 0.1) is 24.4 Å². The zero-order valence-corrected chi connectivity index (χ0v) is 14.8. The molecule has 0 aliphatic heterocycles. The molecule has 0 saturated carbocycles. The van der Waals surface area contributed by atoms with E-state index in [0.717, 1.165) is 27.3 Å². The van der Waals surface area contributed by atoms with E-state index in [1.165, 1.54) is 0 Å². The molecule has 0 unspecified atom stereocenters. The first-order chi connectivity index (χ1) is 11.6. The molecule has 24 heavy (non-hydrogen) atoms. The summed E-state index contributed by atoms with van der Waals surface area (Å²) in [6, 6.07) is 7.80. The van der Waals surface area contributed by atoms with Crippen molar-refractivity contribution in [1.29, 1.82) is 0 Å². The van der Waals surface area contributed by atoms with Crippen LogP contribution in [-0.4, -0.2) is 29.6 Å². The van der Waals surface area contributed by atoms with Crippen LogP contribution in [0.1, 0.15) is 28.0 Å². The number of ether oxygens (including phenoxy) is 1. The van der Waals surface area contributed by atoms with E-state index in [1.54, 1.807) is 24.5 Å². The lowest BCUT2D eigenvalue weighted by Gasteiger charge is -2.22. The fourth-order valence-corrected chi connectivity index (χ4v) is 3.48. The maximum Gasteiger partial charge on any atom is 0.341 e. The highest BCUT2D eigenvalue weighted by molar-refractivity contribution is 7.09. The monoisotopic (exact) mass is 341 g/mol. The van der Waals surface area contributed by atoms with Crippen LogP contribution >= 0.6 is 11.3 Å². The number of rotatable bonds is 5. The predicted octanol–water partition coefficient (Wildman–Crippen LogP) is 3.81. The van der Waals surface area contributed by atoms with E-state index in [1.807, 2.05) is 48.5 Å². The van der Waals surface area contributed by atoms with E-state index < -0.39 is 0 Å². The molecule has 5 nitrogen and oxygen atoms in total. The van der Waals surface area contributed by atoms with E-state index in [-0.39, 0.29) is 5.97 Å². The Morgan fingerprint density at radius 3 is 2.83 bits per heavy atom. The number of thiazole rings is 1. The van der Waals surface area contributed by atoms with Crippen molar-refractivity contribution in [3.63, 3.8) is 0 Å². The van der Waals surface area contributed by atoms with Gasteiger partial charge in [-0.1, -0.05) is 18.2 Å². The van der Waals surface area contributed by atoms with Gasteiger partial charge < -0.3 is 9.64 Å². The van der Waals surface area contributed by atoms with Crippen molar-refractivity contribution in [3.8, 4) is 0 Å². The molecule has 2 aromatic heterocycles. The maximum atomic E-state index is 12.4. The summed E-state index contributed by atoms with van der Waals surface area (Å²) in [5.41, 5.74) is 3.16. The van der Waals surface area contributed by atoms with Crippen molar-refractivity contribution in [1.82, 2.24) is 9.97 Å². The molecule has 0 atom stereocenters. The number of carbonyl (C=O) groups excluding carboxylic acids is 1. The van der Waals surface area contributed by atoms with Crippen molar-refractivity contribution in [2.75, 3.05) is 18.6 Å². The Morgan fingerprint density at radius 1 is 1.33 bits per heavy atom. The van der Waals surface area contributed by atoms with Crippen LogP contribution in [0, 0.1) is 6.92 Å². The molecule has 0 N–H and O–H groups in total. The number of fused-ring (bicyclic) bond motifs is 1. The molecular weight excluding hydrogens is 322 g/mol. The summed E-state index contributed by atoms with van der Waals surface area (Å²) in [5, 5.41) is 3.96. The quantitative estimate of drug-likeness (QED) is 0.661. The molecule has 124 valence electrons. The highest BCUT2D eigenvalue weighted by Gasteiger charge is 2.20. The van der Waals surface area contributed by atoms with Gasteiger partial charge in [-0.25, -0.2) is 9.78 Å². The van der Waals surface area contributed by atoms with Crippen LogP contribution in [0.25, 0.3) is 10.9 Å². The van der Waals surface area contributed by atoms with Crippen molar-refractivity contribution in [2.24, 2.45) is 0 Å².